The van der Waals surface area contributed by atoms with E-state index in [1.54, 1.807) is 6.20 Å². The van der Waals surface area contributed by atoms with Gasteiger partial charge in [-0.1, -0.05) is 0 Å². The molecular formula is C17H26N4O. The molecule has 5 nitrogen and oxygen atoms in total. The Bertz CT molecular complexity index is 539. The average molecular weight is 302 g/mol. The van der Waals surface area contributed by atoms with Gasteiger partial charge in [-0.05, 0) is 46.0 Å². The molecule has 1 unspecified atom stereocenters. The molecule has 0 aromatic carbocycles. The van der Waals surface area contributed by atoms with Crippen molar-refractivity contribution in [1.82, 2.24) is 14.9 Å². The number of aromatic nitrogens is 2. The second kappa shape index (κ2) is 6.63. The number of piperidine rings is 2. The summed E-state index contributed by atoms with van der Waals surface area (Å²) < 4.78 is 0. The summed E-state index contributed by atoms with van der Waals surface area (Å²) in [6, 6.07) is 0. The SMILES string of the molecule is Cc1cnc(C)c(N2CCCC(C(=O)N3CCCCC3)C2)n1. The van der Waals surface area contributed by atoms with E-state index in [-0.39, 0.29) is 5.92 Å². The molecule has 1 aromatic rings. The van der Waals surface area contributed by atoms with E-state index in [4.69, 9.17) is 0 Å². The van der Waals surface area contributed by atoms with Crippen LogP contribution in [-0.4, -0.2) is 47.0 Å². The topological polar surface area (TPSA) is 49.3 Å². The number of hydrogen-bond donors (Lipinski definition) is 0. The second-order valence-corrected chi connectivity index (χ2v) is 6.59. The first-order valence-corrected chi connectivity index (χ1v) is 8.49. The average Bonchev–Trinajstić information content (AvgIpc) is 2.57. The summed E-state index contributed by atoms with van der Waals surface area (Å²) in [7, 11) is 0. The summed E-state index contributed by atoms with van der Waals surface area (Å²) in [5.74, 6) is 1.42. The molecule has 2 aliphatic heterocycles. The van der Waals surface area contributed by atoms with Crippen molar-refractivity contribution in [2.24, 2.45) is 5.92 Å². The zero-order valence-corrected chi connectivity index (χ0v) is 13.7. The predicted molar refractivity (Wildman–Crippen MR) is 86.9 cm³/mol. The van der Waals surface area contributed by atoms with Gasteiger partial charge in [-0.3, -0.25) is 9.78 Å². The zero-order chi connectivity index (χ0) is 15.5. The first kappa shape index (κ1) is 15.3. The molecule has 0 spiro atoms. The fourth-order valence-electron chi connectivity index (χ4n) is 3.57. The van der Waals surface area contributed by atoms with Crippen LogP contribution in [0.2, 0.25) is 0 Å². The third-order valence-electron chi connectivity index (χ3n) is 4.79. The molecule has 2 aliphatic rings. The second-order valence-electron chi connectivity index (χ2n) is 6.59. The Morgan fingerprint density at radius 1 is 1.14 bits per heavy atom. The van der Waals surface area contributed by atoms with E-state index >= 15 is 0 Å². The Hall–Kier alpha value is -1.65. The Kier molecular flexibility index (Phi) is 4.60. The lowest BCUT2D eigenvalue weighted by atomic mass is 9.95. The first-order chi connectivity index (χ1) is 10.6. The van der Waals surface area contributed by atoms with Gasteiger partial charge in [0.25, 0.3) is 0 Å². The minimum Gasteiger partial charge on any atom is -0.354 e. The number of rotatable bonds is 2. The summed E-state index contributed by atoms with van der Waals surface area (Å²) in [4.78, 5) is 26.1. The highest BCUT2D eigenvalue weighted by Gasteiger charge is 2.31. The van der Waals surface area contributed by atoms with Crippen LogP contribution in [0.4, 0.5) is 5.82 Å². The number of likely N-dealkylation sites (tertiary alicyclic amines) is 1. The molecule has 0 N–H and O–H groups in total. The van der Waals surface area contributed by atoms with Crippen molar-refractivity contribution in [3.63, 3.8) is 0 Å². The van der Waals surface area contributed by atoms with E-state index < -0.39 is 0 Å². The van der Waals surface area contributed by atoms with Crippen LogP contribution < -0.4 is 4.90 Å². The lowest BCUT2D eigenvalue weighted by molar-refractivity contribution is -0.136. The van der Waals surface area contributed by atoms with Gasteiger partial charge in [0.2, 0.25) is 5.91 Å². The lowest BCUT2D eigenvalue weighted by Gasteiger charge is -2.37. The molecule has 0 bridgehead atoms. The van der Waals surface area contributed by atoms with E-state index in [2.05, 4.69) is 19.8 Å². The van der Waals surface area contributed by atoms with Gasteiger partial charge < -0.3 is 9.80 Å². The molecule has 22 heavy (non-hydrogen) atoms. The molecule has 0 radical (unpaired) electrons. The predicted octanol–water partition coefficient (Wildman–Crippen LogP) is 2.32. The van der Waals surface area contributed by atoms with Crippen LogP contribution in [0.5, 0.6) is 0 Å². The highest BCUT2D eigenvalue weighted by molar-refractivity contribution is 5.79. The van der Waals surface area contributed by atoms with Crippen LogP contribution in [0, 0.1) is 19.8 Å². The molecule has 5 heteroatoms. The van der Waals surface area contributed by atoms with Crippen LogP contribution >= 0.6 is 0 Å². The van der Waals surface area contributed by atoms with Crippen molar-refractivity contribution in [1.29, 1.82) is 0 Å². The molecule has 3 rings (SSSR count). The van der Waals surface area contributed by atoms with Gasteiger partial charge in [-0.25, -0.2) is 4.98 Å². The zero-order valence-electron chi connectivity index (χ0n) is 13.7. The van der Waals surface area contributed by atoms with Crippen molar-refractivity contribution >= 4 is 11.7 Å². The van der Waals surface area contributed by atoms with Crippen LogP contribution in [0.15, 0.2) is 6.20 Å². The molecule has 2 fully saturated rings. The lowest BCUT2D eigenvalue weighted by Crippen LogP contribution is -2.46. The highest BCUT2D eigenvalue weighted by atomic mass is 16.2. The number of aryl methyl sites for hydroxylation is 2. The molecule has 1 atom stereocenters. The van der Waals surface area contributed by atoms with Crippen molar-refractivity contribution in [3.8, 4) is 0 Å². The number of amides is 1. The normalized spacial score (nSPS) is 22.7. The molecule has 2 saturated heterocycles. The monoisotopic (exact) mass is 302 g/mol. The van der Waals surface area contributed by atoms with Crippen LogP contribution in [0.1, 0.15) is 43.5 Å². The van der Waals surface area contributed by atoms with Gasteiger partial charge in [0.05, 0.1) is 17.3 Å². The van der Waals surface area contributed by atoms with Gasteiger partial charge in [-0.15, -0.1) is 0 Å². The molecule has 0 saturated carbocycles. The molecule has 3 heterocycles. The largest absolute Gasteiger partial charge is 0.354 e. The third kappa shape index (κ3) is 3.23. The Labute approximate surface area is 132 Å². The molecule has 0 aliphatic carbocycles. The number of anilines is 1. The fraction of sp³-hybridized carbons (Fsp3) is 0.706. The summed E-state index contributed by atoms with van der Waals surface area (Å²) in [6.45, 7) is 7.61. The summed E-state index contributed by atoms with van der Waals surface area (Å²) in [5, 5.41) is 0. The van der Waals surface area contributed by atoms with Crippen molar-refractivity contribution in [2.75, 3.05) is 31.1 Å². The minimum absolute atomic E-state index is 0.119. The third-order valence-corrected chi connectivity index (χ3v) is 4.79. The molecule has 1 amide bonds. The summed E-state index contributed by atoms with van der Waals surface area (Å²) in [5.41, 5.74) is 1.89. The maximum absolute atomic E-state index is 12.7. The van der Waals surface area contributed by atoms with Gasteiger partial charge in [0.15, 0.2) is 0 Å². The molecule has 1 aromatic heterocycles. The van der Waals surface area contributed by atoms with E-state index in [0.717, 1.165) is 69.1 Å². The standard InChI is InChI=1S/C17H26N4O/c1-13-11-18-14(2)16(19-13)21-10-6-7-15(12-21)17(22)20-8-4-3-5-9-20/h11,15H,3-10,12H2,1-2H3. The van der Waals surface area contributed by atoms with E-state index in [1.165, 1.54) is 6.42 Å². The van der Waals surface area contributed by atoms with Crippen molar-refractivity contribution < 1.29 is 4.79 Å². The fourth-order valence-corrected chi connectivity index (χ4v) is 3.57. The number of carbonyl (C=O) groups is 1. The minimum atomic E-state index is 0.119. The molecular weight excluding hydrogens is 276 g/mol. The highest BCUT2D eigenvalue weighted by Crippen LogP contribution is 2.25. The van der Waals surface area contributed by atoms with Crippen LogP contribution in [0.25, 0.3) is 0 Å². The van der Waals surface area contributed by atoms with Crippen LogP contribution in [0.3, 0.4) is 0 Å². The van der Waals surface area contributed by atoms with Gasteiger partial charge in [-0.2, -0.15) is 0 Å². The van der Waals surface area contributed by atoms with Gasteiger partial charge in [0.1, 0.15) is 5.82 Å². The quantitative estimate of drug-likeness (QED) is 0.841. The Morgan fingerprint density at radius 3 is 2.68 bits per heavy atom. The van der Waals surface area contributed by atoms with Gasteiger partial charge in [0, 0.05) is 32.4 Å². The van der Waals surface area contributed by atoms with E-state index in [9.17, 15) is 4.79 Å². The number of nitrogens with zero attached hydrogens (tertiary/aromatic N) is 4. The Morgan fingerprint density at radius 2 is 1.91 bits per heavy atom. The summed E-state index contributed by atoms with van der Waals surface area (Å²) >= 11 is 0. The summed E-state index contributed by atoms with van der Waals surface area (Å²) in [6.07, 6.45) is 7.44. The number of hydrogen-bond acceptors (Lipinski definition) is 4. The van der Waals surface area contributed by atoms with Crippen molar-refractivity contribution in [3.05, 3.63) is 17.6 Å². The number of carbonyl (C=O) groups excluding carboxylic acids is 1. The Balaban J connectivity index is 1.71. The van der Waals surface area contributed by atoms with E-state index in [0.29, 0.717) is 5.91 Å². The van der Waals surface area contributed by atoms with E-state index in [1.807, 2.05) is 13.8 Å². The van der Waals surface area contributed by atoms with Crippen molar-refractivity contribution in [2.45, 2.75) is 46.0 Å². The van der Waals surface area contributed by atoms with Crippen LogP contribution in [-0.2, 0) is 4.79 Å². The smallest absolute Gasteiger partial charge is 0.227 e. The first-order valence-electron chi connectivity index (χ1n) is 8.49. The maximum Gasteiger partial charge on any atom is 0.227 e. The van der Waals surface area contributed by atoms with Gasteiger partial charge >= 0.3 is 0 Å². The molecule has 120 valence electrons. The maximum atomic E-state index is 12.7.